The van der Waals surface area contributed by atoms with Crippen LogP contribution in [0.1, 0.15) is 126 Å². The molecule has 2 aliphatic heterocycles. The first-order valence-electron chi connectivity index (χ1n) is 28.5. The third-order valence-electron chi connectivity index (χ3n) is 25.2. The summed E-state index contributed by atoms with van der Waals surface area (Å²) in [6.45, 7) is 12.3. The summed E-state index contributed by atoms with van der Waals surface area (Å²) in [5, 5.41) is 8.14. The molecule has 0 amide bonds. The van der Waals surface area contributed by atoms with Crippen LogP contribution in [0.15, 0.2) is 114 Å². The van der Waals surface area contributed by atoms with Gasteiger partial charge in [0, 0.05) is 54.9 Å². The van der Waals surface area contributed by atoms with Gasteiger partial charge in [0.2, 0.25) is 0 Å². The van der Waals surface area contributed by atoms with E-state index in [4.69, 9.17) is 4.42 Å². The van der Waals surface area contributed by atoms with E-state index in [0.717, 1.165) is 46.7 Å². The molecule has 8 saturated carbocycles. The van der Waals surface area contributed by atoms with Gasteiger partial charge in [-0.3, -0.25) is 0 Å². The number of fused-ring (bicyclic) bond motifs is 15. The molecule has 72 heavy (non-hydrogen) atoms. The molecule has 9 aromatic rings. The molecule has 8 fully saturated rings. The van der Waals surface area contributed by atoms with Crippen molar-refractivity contribution in [1.82, 2.24) is 4.48 Å². The SMILES string of the molecule is Cc1cc2c(cc1N1c3ccc4ccccc4c3B3c4c(cc5c(oc6ccccc65)c41)-c1cc(C45CC6CC7CC(C4)C765)cc4c5cc(C67CC8CC9CC(C6)C98C7)ccc5n3c14)C(C)(C)CCC2(C)C. The second-order valence-electron chi connectivity index (χ2n) is 28.1. The number of para-hydroxylation sites is 1. The number of furan rings is 1. The Balaban J connectivity index is 0.937. The van der Waals surface area contributed by atoms with E-state index >= 15 is 0 Å². The van der Waals surface area contributed by atoms with Gasteiger partial charge in [0.15, 0.2) is 5.58 Å². The molecule has 11 aliphatic rings. The normalized spacial score (nSPS) is 35.1. The topological polar surface area (TPSA) is 21.3 Å². The molecule has 0 saturated heterocycles. The van der Waals surface area contributed by atoms with E-state index in [1.807, 2.05) is 0 Å². The quantitative estimate of drug-likeness (QED) is 0.165. The van der Waals surface area contributed by atoms with Crippen LogP contribution in [0, 0.1) is 53.3 Å². The summed E-state index contributed by atoms with van der Waals surface area (Å²) < 4.78 is 10.3. The molecule has 4 atom stereocenters. The Labute approximate surface area is 422 Å². The lowest BCUT2D eigenvalue weighted by atomic mass is 9.12. The molecule has 4 heteroatoms. The maximum atomic E-state index is 7.39. The molecular weight excluding hydrogens is 872 g/mol. The largest absolute Gasteiger partial charge is 0.454 e. The van der Waals surface area contributed by atoms with Crippen molar-refractivity contribution < 1.29 is 4.42 Å². The van der Waals surface area contributed by atoms with Crippen LogP contribution in [0.25, 0.3) is 65.6 Å². The lowest BCUT2D eigenvalue weighted by molar-refractivity contribution is -0.395. The third kappa shape index (κ3) is 3.80. The van der Waals surface area contributed by atoms with Crippen LogP contribution in [0.2, 0.25) is 0 Å². The molecular formula is C68H61BN2O. The summed E-state index contributed by atoms with van der Waals surface area (Å²) in [4.78, 5) is 2.72. The van der Waals surface area contributed by atoms with Gasteiger partial charge >= 0.3 is 6.85 Å². The summed E-state index contributed by atoms with van der Waals surface area (Å²) in [5.41, 5.74) is 24.2. The maximum absolute atomic E-state index is 7.39. The van der Waals surface area contributed by atoms with Gasteiger partial charge in [-0.05, 0) is 244 Å². The molecule has 7 aromatic carbocycles. The van der Waals surface area contributed by atoms with E-state index < -0.39 is 0 Å². The van der Waals surface area contributed by atoms with Crippen molar-refractivity contribution in [3.05, 3.63) is 137 Å². The molecule has 20 rings (SSSR count). The van der Waals surface area contributed by atoms with Crippen LogP contribution >= 0.6 is 0 Å². The zero-order valence-corrected chi connectivity index (χ0v) is 42.5. The minimum absolute atomic E-state index is 0.0505. The second kappa shape index (κ2) is 11.5. The molecule has 2 spiro atoms. The number of rotatable bonds is 3. The van der Waals surface area contributed by atoms with Crippen LogP contribution in [0.4, 0.5) is 17.1 Å². The number of hydrogen-bond acceptors (Lipinski definition) is 2. The van der Waals surface area contributed by atoms with Crippen LogP contribution in [-0.4, -0.2) is 11.3 Å². The lowest BCUT2D eigenvalue weighted by Gasteiger charge is -2.91. The minimum Gasteiger partial charge on any atom is -0.454 e. The second-order valence-corrected chi connectivity index (χ2v) is 28.1. The fourth-order valence-electron chi connectivity index (χ4n) is 22.2. The molecule has 2 bridgehead atoms. The van der Waals surface area contributed by atoms with E-state index in [1.54, 1.807) is 11.1 Å². The van der Waals surface area contributed by atoms with Gasteiger partial charge in [0.1, 0.15) is 5.58 Å². The average Bonchev–Trinajstić information content (AvgIpc) is 4.14. The van der Waals surface area contributed by atoms with Gasteiger partial charge in [-0.25, -0.2) is 0 Å². The number of hydrogen-bond donors (Lipinski definition) is 0. The van der Waals surface area contributed by atoms with E-state index in [2.05, 4.69) is 153 Å². The van der Waals surface area contributed by atoms with Crippen molar-refractivity contribution >= 4 is 89.4 Å². The highest BCUT2D eigenvalue weighted by molar-refractivity contribution is 6.92. The zero-order chi connectivity index (χ0) is 47.1. The number of anilines is 3. The van der Waals surface area contributed by atoms with Gasteiger partial charge in [-0.1, -0.05) is 88.4 Å². The summed E-state index contributed by atoms with van der Waals surface area (Å²) in [6.07, 6.45) is 15.5. The number of nitrogens with zero attached hydrogens (tertiary/aromatic N) is 2. The zero-order valence-electron chi connectivity index (χ0n) is 42.5. The first-order valence-corrected chi connectivity index (χ1v) is 28.5. The first kappa shape index (κ1) is 38.8. The minimum atomic E-state index is -0.0505. The van der Waals surface area contributed by atoms with E-state index in [-0.39, 0.29) is 17.7 Å². The number of aryl methyl sites for hydroxylation is 1. The standard InChI is InChI=1S/C68H61BN2O/c1-35-20-52-53(64(4,5)19-18-63(52,2)3)29-56(35)70-55-16-14-36-10-6-7-11-45(36)58(55)69-59-48(28-51-46-12-8-9-13-57(46)72-62(51)61(59)70)50-27-38(66-32-43-23-40-24-44(33-66)68(40,43)66)26-49-47-25-37(15-17-54(47)71(69)60(49)50)65-30-41-21-39-22-42(31-65)67(39,41)34-65/h6-17,20,25-29,39-44H,18-19,21-24,30-34H2,1-5H3. The average molecular weight is 933 g/mol. The predicted octanol–water partition coefficient (Wildman–Crippen LogP) is 15.7. The first-order chi connectivity index (χ1) is 34.9. The number of benzene rings is 7. The molecule has 4 unspecified atom stereocenters. The maximum Gasteiger partial charge on any atom is 0.333 e. The van der Waals surface area contributed by atoms with Crippen LogP contribution < -0.4 is 15.8 Å². The fourth-order valence-corrected chi connectivity index (χ4v) is 22.2. The Morgan fingerprint density at radius 3 is 2.04 bits per heavy atom. The van der Waals surface area contributed by atoms with Gasteiger partial charge in [0.25, 0.3) is 0 Å². The monoisotopic (exact) mass is 932 g/mol. The molecule has 4 heterocycles. The van der Waals surface area contributed by atoms with Crippen molar-refractivity contribution in [2.75, 3.05) is 4.90 Å². The fraction of sp³-hybridized carbons (Fsp3) is 0.412. The summed E-state index contributed by atoms with van der Waals surface area (Å²) >= 11 is 0. The van der Waals surface area contributed by atoms with Crippen LogP contribution in [0.5, 0.6) is 0 Å². The smallest absolute Gasteiger partial charge is 0.333 e. The molecule has 0 radical (unpaired) electrons. The molecule has 352 valence electrons. The van der Waals surface area contributed by atoms with Crippen molar-refractivity contribution in [2.45, 2.75) is 127 Å². The van der Waals surface area contributed by atoms with E-state index in [1.165, 1.54) is 170 Å². The summed E-state index contributed by atoms with van der Waals surface area (Å²) in [6, 6.07) is 44.6. The van der Waals surface area contributed by atoms with Gasteiger partial charge in [-0.2, -0.15) is 0 Å². The van der Waals surface area contributed by atoms with Crippen molar-refractivity contribution in [2.24, 2.45) is 46.3 Å². The Bertz CT molecular complexity index is 4120. The van der Waals surface area contributed by atoms with E-state index in [0.29, 0.717) is 21.7 Å². The summed E-state index contributed by atoms with van der Waals surface area (Å²) in [7, 11) is 0. The molecule has 0 N–H and O–H groups in total. The van der Waals surface area contributed by atoms with Crippen LogP contribution in [-0.2, 0) is 21.7 Å². The Hall–Kier alpha value is -5.74. The van der Waals surface area contributed by atoms with Crippen molar-refractivity contribution in [3.63, 3.8) is 0 Å². The van der Waals surface area contributed by atoms with Gasteiger partial charge in [0.05, 0.1) is 5.69 Å². The Kier molecular flexibility index (Phi) is 6.19. The number of aromatic nitrogens is 1. The van der Waals surface area contributed by atoms with Crippen LogP contribution in [0.3, 0.4) is 0 Å². The van der Waals surface area contributed by atoms with Gasteiger partial charge in [-0.15, -0.1) is 0 Å². The Morgan fingerprint density at radius 2 is 1.29 bits per heavy atom. The Morgan fingerprint density at radius 1 is 0.569 bits per heavy atom. The van der Waals surface area contributed by atoms with E-state index in [9.17, 15) is 0 Å². The van der Waals surface area contributed by atoms with Crippen molar-refractivity contribution in [3.8, 4) is 11.1 Å². The highest BCUT2D eigenvalue weighted by atomic mass is 16.3. The summed E-state index contributed by atoms with van der Waals surface area (Å²) in [5.74, 6) is 5.81. The highest BCUT2D eigenvalue weighted by Crippen LogP contribution is 2.93. The molecule has 2 aromatic heterocycles. The third-order valence-corrected chi connectivity index (χ3v) is 25.2. The predicted molar refractivity (Wildman–Crippen MR) is 296 cm³/mol. The highest BCUT2D eigenvalue weighted by Gasteiger charge is 2.87. The molecule has 3 nitrogen and oxygen atoms in total. The molecule has 9 aliphatic carbocycles. The van der Waals surface area contributed by atoms with Gasteiger partial charge < -0.3 is 13.8 Å². The lowest BCUT2D eigenvalue weighted by Crippen LogP contribution is -2.87. The van der Waals surface area contributed by atoms with Crippen molar-refractivity contribution in [1.29, 1.82) is 0 Å².